The third-order valence-electron chi connectivity index (χ3n) is 8.09. The van der Waals surface area contributed by atoms with Crippen molar-refractivity contribution in [3.8, 4) is 0 Å². The molecule has 7 heteroatoms. The zero-order chi connectivity index (χ0) is 23.9. The number of hydrogen-bond acceptors (Lipinski definition) is 5. The minimum atomic E-state index is 0.0363. The van der Waals surface area contributed by atoms with Gasteiger partial charge in [0.1, 0.15) is 5.69 Å². The standard InChI is InChI=1S/C27H39N5O2/c1-20-17-25(29(4)28-20)26(33)32-12-9-27(2,3)24-6-5-23(18-21(24)19-32)30-10-7-22(8-11-30)31-13-15-34-16-14-31/h5-6,17-18,22H,7-16,19H2,1-4H3. The van der Waals surface area contributed by atoms with Crippen molar-refractivity contribution in [3.63, 3.8) is 0 Å². The number of amides is 1. The van der Waals surface area contributed by atoms with Crippen LogP contribution in [0.2, 0.25) is 0 Å². The van der Waals surface area contributed by atoms with Gasteiger partial charge in [0, 0.05) is 58.0 Å². The molecule has 1 aromatic heterocycles. The van der Waals surface area contributed by atoms with Crippen molar-refractivity contribution in [1.29, 1.82) is 0 Å². The van der Waals surface area contributed by atoms with Crippen LogP contribution in [0.3, 0.4) is 0 Å². The molecule has 0 N–H and O–H groups in total. The fraction of sp³-hybridized carbons (Fsp3) is 0.630. The van der Waals surface area contributed by atoms with E-state index in [1.807, 2.05) is 24.9 Å². The monoisotopic (exact) mass is 465 g/mol. The predicted molar refractivity (Wildman–Crippen MR) is 134 cm³/mol. The maximum absolute atomic E-state index is 13.4. The number of aryl methyl sites for hydroxylation is 2. The Morgan fingerprint density at radius 2 is 1.79 bits per heavy atom. The van der Waals surface area contributed by atoms with Crippen LogP contribution in [0.4, 0.5) is 5.69 Å². The quantitative estimate of drug-likeness (QED) is 0.696. The molecule has 4 heterocycles. The Labute approximate surface area is 203 Å². The number of aromatic nitrogens is 2. The molecule has 184 valence electrons. The Bertz CT molecular complexity index is 1030. The number of fused-ring (bicyclic) bond motifs is 1. The highest BCUT2D eigenvalue weighted by molar-refractivity contribution is 5.92. The third-order valence-corrected chi connectivity index (χ3v) is 8.09. The predicted octanol–water partition coefficient (Wildman–Crippen LogP) is 3.35. The lowest BCUT2D eigenvalue weighted by atomic mass is 9.80. The van der Waals surface area contributed by atoms with Gasteiger partial charge in [-0.3, -0.25) is 14.4 Å². The van der Waals surface area contributed by atoms with Crippen LogP contribution < -0.4 is 4.90 Å². The zero-order valence-electron chi connectivity index (χ0n) is 21.2. The normalized spacial score (nSPS) is 21.9. The molecule has 3 aliphatic rings. The van der Waals surface area contributed by atoms with Gasteiger partial charge in [-0.1, -0.05) is 19.9 Å². The Morgan fingerprint density at radius 3 is 2.47 bits per heavy atom. The van der Waals surface area contributed by atoms with Crippen molar-refractivity contribution in [1.82, 2.24) is 19.6 Å². The van der Waals surface area contributed by atoms with Gasteiger partial charge in [-0.15, -0.1) is 0 Å². The molecular formula is C27H39N5O2. The summed E-state index contributed by atoms with van der Waals surface area (Å²) < 4.78 is 7.25. The number of benzene rings is 1. The number of piperidine rings is 1. The Kier molecular flexibility index (Phi) is 6.42. The topological polar surface area (TPSA) is 53.8 Å². The first-order valence-corrected chi connectivity index (χ1v) is 12.8. The molecule has 0 atom stereocenters. The van der Waals surface area contributed by atoms with E-state index in [0.29, 0.717) is 18.3 Å². The summed E-state index contributed by atoms with van der Waals surface area (Å²) in [6.45, 7) is 14.0. The molecule has 2 fully saturated rings. The largest absolute Gasteiger partial charge is 0.379 e. The lowest BCUT2D eigenvalue weighted by Gasteiger charge is -2.41. The summed E-state index contributed by atoms with van der Waals surface area (Å²) in [6.07, 6.45) is 3.35. The first-order valence-electron chi connectivity index (χ1n) is 12.8. The molecule has 0 bridgehead atoms. The molecule has 0 saturated carbocycles. The van der Waals surface area contributed by atoms with E-state index in [1.165, 1.54) is 29.7 Å². The Morgan fingerprint density at radius 1 is 1.06 bits per heavy atom. The highest BCUT2D eigenvalue weighted by atomic mass is 16.5. The van der Waals surface area contributed by atoms with Crippen molar-refractivity contribution in [2.75, 3.05) is 50.8 Å². The number of carbonyl (C=O) groups is 1. The Hall–Kier alpha value is -2.38. The Balaban J connectivity index is 1.34. The lowest BCUT2D eigenvalue weighted by molar-refractivity contribution is 0.0115. The fourth-order valence-electron chi connectivity index (χ4n) is 5.98. The molecule has 7 nitrogen and oxygen atoms in total. The van der Waals surface area contributed by atoms with Gasteiger partial charge < -0.3 is 14.5 Å². The maximum Gasteiger partial charge on any atom is 0.272 e. The van der Waals surface area contributed by atoms with E-state index in [9.17, 15) is 4.79 Å². The number of anilines is 1. The summed E-state index contributed by atoms with van der Waals surface area (Å²) in [5.41, 5.74) is 5.53. The molecule has 0 unspecified atom stereocenters. The summed E-state index contributed by atoms with van der Waals surface area (Å²) >= 11 is 0. The molecule has 5 rings (SSSR count). The first kappa shape index (κ1) is 23.4. The van der Waals surface area contributed by atoms with Crippen LogP contribution >= 0.6 is 0 Å². The van der Waals surface area contributed by atoms with Gasteiger partial charge in [0.25, 0.3) is 5.91 Å². The van der Waals surface area contributed by atoms with E-state index in [0.717, 1.165) is 58.1 Å². The van der Waals surface area contributed by atoms with Gasteiger partial charge in [0.2, 0.25) is 0 Å². The minimum absolute atomic E-state index is 0.0363. The summed E-state index contributed by atoms with van der Waals surface area (Å²) in [6, 6.07) is 9.55. The highest BCUT2D eigenvalue weighted by Crippen LogP contribution is 2.37. The van der Waals surface area contributed by atoms with Crippen LogP contribution in [0.1, 0.15) is 60.4 Å². The second kappa shape index (κ2) is 9.34. The van der Waals surface area contributed by atoms with Crippen LogP contribution in [0.15, 0.2) is 24.3 Å². The van der Waals surface area contributed by atoms with Gasteiger partial charge in [-0.2, -0.15) is 5.10 Å². The van der Waals surface area contributed by atoms with Crippen LogP contribution in [-0.4, -0.2) is 77.5 Å². The number of morpholine rings is 1. The SMILES string of the molecule is Cc1cc(C(=O)N2CCC(C)(C)c3ccc(N4CCC(N5CCOCC5)CC4)cc3C2)n(C)n1. The van der Waals surface area contributed by atoms with E-state index in [4.69, 9.17) is 4.74 Å². The molecule has 0 radical (unpaired) electrons. The number of ether oxygens (including phenoxy) is 1. The summed E-state index contributed by atoms with van der Waals surface area (Å²) in [7, 11) is 1.86. The van der Waals surface area contributed by atoms with E-state index in [-0.39, 0.29) is 11.3 Å². The number of nitrogens with zero attached hydrogens (tertiary/aromatic N) is 5. The second-order valence-electron chi connectivity index (χ2n) is 10.9. The van der Waals surface area contributed by atoms with Crippen LogP contribution in [0.5, 0.6) is 0 Å². The van der Waals surface area contributed by atoms with Gasteiger partial charge in [0.05, 0.1) is 18.9 Å². The van der Waals surface area contributed by atoms with Crippen LogP contribution in [0, 0.1) is 6.92 Å². The molecule has 1 amide bonds. The fourth-order valence-corrected chi connectivity index (χ4v) is 5.98. The van der Waals surface area contributed by atoms with Crippen molar-refractivity contribution < 1.29 is 9.53 Å². The van der Waals surface area contributed by atoms with E-state index < -0.39 is 0 Å². The molecular weight excluding hydrogens is 426 g/mol. The number of hydrogen-bond donors (Lipinski definition) is 0. The lowest BCUT2D eigenvalue weighted by Crippen LogP contribution is -2.49. The van der Waals surface area contributed by atoms with Crippen molar-refractivity contribution in [2.24, 2.45) is 7.05 Å². The van der Waals surface area contributed by atoms with Crippen molar-refractivity contribution in [3.05, 3.63) is 46.8 Å². The van der Waals surface area contributed by atoms with E-state index in [1.54, 1.807) is 4.68 Å². The van der Waals surface area contributed by atoms with Crippen LogP contribution in [-0.2, 0) is 23.7 Å². The minimum Gasteiger partial charge on any atom is -0.379 e. The van der Waals surface area contributed by atoms with Crippen molar-refractivity contribution in [2.45, 2.75) is 58.0 Å². The molecule has 0 spiro atoms. The molecule has 34 heavy (non-hydrogen) atoms. The van der Waals surface area contributed by atoms with Gasteiger partial charge in [0.15, 0.2) is 0 Å². The molecule has 3 aliphatic heterocycles. The van der Waals surface area contributed by atoms with E-state index in [2.05, 4.69) is 46.9 Å². The highest BCUT2D eigenvalue weighted by Gasteiger charge is 2.32. The summed E-state index contributed by atoms with van der Waals surface area (Å²) in [4.78, 5) is 20.6. The molecule has 2 aromatic rings. The average molecular weight is 466 g/mol. The van der Waals surface area contributed by atoms with Crippen LogP contribution in [0.25, 0.3) is 0 Å². The molecule has 0 aliphatic carbocycles. The number of rotatable bonds is 3. The third kappa shape index (κ3) is 4.60. The zero-order valence-corrected chi connectivity index (χ0v) is 21.2. The van der Waals surface area contributed by atoms with Gasteiger partial charge in [-0.05, 0) is 60.9 Å². The van der Waals surface area contributed by atoms with Crippen molar-refractivity contribution >= 4 is 11.6 Å². The molecule has 2 saturated heterocycles. The first-order chi connectivity index (χ1) is 16.3. The maximum atomic E-state index is 13.4. The van der Waals surface area contributed by atoms with E-state index >= 15 is 0 Å². The summed E-state index contributed by atoms with van der Waals surface area (Å²) in [5, 5.41) is 4.39. The second-order valence-corrected chi connectivity index (χ2v) is 10.9. The smallest absolute Gasteiger partial charge is 0.272 e. The van der Waals surface area contributed by atoms with Gasteiger partial charge in [-0.25, -0.2) is 0 Å². The number of carbonyl (C=O) groups excluding carboxylic acids is 1. The summed E-state index contributed by atoms with van der Waals surface area (Å²) in [5.74, 6) is 0.0727. The average Bonchev–Trinajstić information content (AvgIpc) is 3.12. The van der Waals surface area contributed by atoms with Gasteiger partial charge >= 0.3 is 0 Å². The molecule has 1 aromatic carbocycles.